The van der Waals surface area contributed by atoms with E-state index in [1.54, 1.807) is 0 Å². The number of benzene rings is 1. The van der Waals surface area contributed by atoms with Crippen molar-refractivity contribution in [3.05, 3.63) is 46.6 Å². The average Bonchev–Trinajstić information content (AvgIpc) is 3.00. The quantitative estimate of drug-likeness (QED) is 0.768. The Bertz CT molecular complexity index is 841. The Morgan fingerprint density at radius 1 is 1.30 bits per heavy atom. The van der Waals surface area contributed by atoms with E-state index in [1.807, 2.05) is 26.0 Å². The van der Waals surface area contributed by atoms with E-state index in [0.29, 0.717) is 17.6 Å². The summed E-state index contributed by atoms with van der Waals surface area (Å²) in [6, 6.07) is 8.59. The van der Waals surface area contributed by atoms with Gasteiger partial charge in [0.15, 0.2) is 5.13 Å². The molecule has 0 fully saturated rings. The summed E-state index contributed by atoms with van der Waals surface area (Å²) in [7, 11) is 0. The molecule has 0 saturated heterocycles. The number of rotatable bonds is 4. The van der Waals surface area contributed by atoms with Crippen LogP contribution in [0, 0.1) is 13.8 Å². The number of amides is 1. The van der Waals surface area contributed by atoms with Crippen LogP contribution in [-0.2, 0) is 11.2 Å². The van der Waals surface area contributed by atoms with Gasteiger partial charge in [0.2, 0.25) is 5.91 Å². The van der Waals surface area contributed by atoms with Gasteiger partial charge in [-0.2, -0.15) is 0 Å². The van der Waals surface area contributed by atoms with Gasteiger partial charge in [-0.3, -0.25) is 4.79 Å². The standard InChI is InChI=1S/C18H21N3OS/c1-11(2)21-10-14(15-7-5-6-8-16(15)21)9-17(22)20-18-19-12(3)13(4)23-18/h5-8,10-11H,9H2,1-4H3,(H,19,20,22). The second-order valence-corrected chi connectivity index (χ2v) is 7.26. The molecule has 0 atom stereocenters. The Kier molecular flexibility index (Phi) is 4.22. The Balaban J connectivity index is 1.85. The van der Waals surface area contributed by atoms with Crippen LogP contribution in [0.2, 0.25) is 0 Å². The van der Waals surface area contributed by atoms with Gasteiger partial charge in [0.1, 0.15) is 0 Å². The zero-order chi connectivity index (χ0) is 16.6. The lowest BCUT2D eigenvalue weighted by Crippen LogP contribution is -2.14. The number of hydrogen-bond donors (Lipinski definition) is 1. The molecule has 23 heavy (non-hydrogen) atoms. The second kappa shape index (κ2) is 6.16. The molecule has 1 amide bonds. The number of aryl methyl sites for hydroxylation is 2. The predicted molar refractivity (Wildman–Crippen MR) is 96.2 cm³/mol. The summed E-state index contributed by atoms with van der Waals surface area (Å²) in [5, 5.41) is 4.73. The fraction of sp³-hybridized carbons (Fsp3) is 0.333. The van der Waals surface area contributed by atoms with Crippen molar-refractivity contribution in [3.63, 3.8) is 0 Å². The lowest BCUT2D eigenvalue weighted by molar-refractivity contribution is -0.115. The number of carbonyl (C=O) groups is 1. The molecular weight excluding hydrogens is 306 g/mol. The van der Waals surface area contributed by atoms with Gasteiger partial charge in [0.05, 0.1) is 12.1 Å². The molecule has 0 unspecified atom stereocenters. The fourth-order valence-corrected chi connectivity index (χ4v) is 3.54. The van der Waals surface area contributed by atoms with Crippen LogP contribution in [0.5, 0.6) is 0 Å². The molecule has 4 nitrogen and oxygen atoms in total. The number of anilines is 1. The van der Waals surface area contributed by atoms with Crippen molar-refractivity contribution in [1.82, 2.24) is 9.55 Å². The molecule has 1 aromatic carbocycles. The number of thiazole rings is 1. The summed E-state index contributed by atoms with van der Waals surface area (Å²) in [6.45, 7) is 8.27. The molecule has 2 aromatic heterocycles. The first-order chi connectivity index (χ1) is 11.0. The van der Waals surface area contributed by atoms with E-state index in [1.165, 1.54) is 16.9 Å². The highest BCUT2D eigenvalue weighted by atomic mass is 32.1. The molecule has 0 aliphatic heterocycles. The first kappa shape index (κ1) is 15.7. The third-order valence-electron chi connectivity index (χ3n) is 4.01. The third-order valence-corrected chi connectivity index (χ3v) is 4.99. The number of para-hydroxylation sites is 1. The lowest BCUT2D eigenvalue weighted by atomic mass is 10.1. The summed E-state index contributed by atoms with van der Waals surface area (Å²) < 4.78 is 2.22. The lowest BCUT2D eigenvalue weighted by Gasteiger charge is -2.08. The smallest absolute Gasteiger partial charge is 0.230 e. The SMILES string of the molecule is Cc1nc(NC(=O)Cc2cn(C(C)C)c3ccccc23)sc1C. The van der Waals surface area contributed by atoms with Crippen LogP contribution in [0.3, 0.4) is 0 Å². The largest absolute Gasteiger partial charge is 0.345 e. The van der Waals surface area contributed by atoms with E-state index in [0.717, 1.165) is 21.5 Å². The van der Waals surface area contributed by atoms with Crippen molar-refractivity contribution in [2.24, 2.45) is 0 Å². The van der Waals surface area contributed by atoms with Crippen molar-refractivity contribution < 1.29 is 4.79 Å². The number of nitrogens with zero attached hydrogens (tertiary/aromatic N) is 2. The maximum atomic E-state index is 12.4. The molecule has 1 N–H and O–H groups in total. The van der Waals surface area contributed by atoms with Gasteiger partial charge in [-0.15, -0.1) is 11.3 Å². The summed E-state index contributed by atoms with van der Waals surface area (Å²) in [5.41, 5.74) is 3.20. The highest BCUT2D eigenvalue weighted by Gasteiger charge is 2.14. The zero-order valence-corrected chi connectivity index (χ0v) is 14.7. The van der Waals surface area contributed by atoms with E-state index in [9.17, 15) is 4.79 Å². The van der Waals surface area contributed by atoms with E-state index >= 15 is 0 Å². The van der Waals surface area contributed by atoms with Gasteiger partial charge in [-0.1, -0.05) is 18.2 Å². The van der Waals surface area contributed by atoms with Gasteiger partial charge < -0.3 is 9.88 Å². The number of carbonyl (C=O) groups excluding carboxylic acids is 1. The summed E-state index contributed by atoms with van der Waals surface area (Å²) in [4.78, 5) is 17.9. The summed E-state index contributed by atoms with van der Waals surface area (Å²) >= 11 is 1.52. The topological polar surface area (TPSA) is 46.9 Å². The minimum absolute atomic E-state index is 0.0228. The van der Waals surface area contributed by atoms with E-state index in [2.05, 4.69) is 47.0 Å². The van der Waals surface area contributed by atoms with Crippen molar-refractivity contribution >= 4 is 33.3 Å². The van der Waals surface area contributed by atoms with Crippen LogP contribution in [-0.4, -0.2) is 15.5 Å². The van der Waals surface area contributed by atoms with Crippen molar-refractivity contribution in [2.45, 2.75) is 40.2 Å². The second-order valence-electron chi connectivity index (χ2n) is 6.06. The van der Waals surface area contributed by atoms with Crippen LogP contribution in [0.1, 0.15) is 36.0 Å². The predicted octanol–water partition coefficient (Wildman–Crippen LogP) is 4.48. The minimum Gasteiger partial charge on any atom is -0.345 e. The molecule has 0 saturated carbocycles. The Morgan fingerprint density at radius 2 is 2.04 bits per heavy atom. The maximum absolute atomic E-state index is 12.4. The molecule has 0 radical (unpaired) electrons. The normalized spacial score (nSPS) is 11.3. The van der Waals surface area contributed by atoms with Crippen LogP contribution in [0.15, 0.2) is 30.5 Å². The van der Waals surface area contributed by atoms with Crippen molar-refractivity contribution in [2.75, 3.05) is 5.32 Å². The van der Waals surface area contributed by atoms with E-state index in [-0.39, 0.29) is 5.91 Å². The first-order valence-corrected chi connectivity index (χ1v) is 8.59. The molecular formula is C18H21N3OS. The van der Waals surface area contributed by atoms with Gasteiger partial charge in [0.25, 0.3) is 0 Å². The minimum atomic E-state index is -0.0228. The highest BCUT2D eigenvalue weighted by molar-refractivity contribution is 7.15. The van der Waals surface area contributed by atoms with Crippen LogP contribution in [0.4, 0.5) is 5.13 Å². The van der Waals surface area contributed by atoms with Crippen LogP contribution >= 0.6 is 11.3 Å². The monoisotopic (exact) mass is 327 g/mol. The van der Waals surface area contributed by atoms with Crippen LogP contribution in [0.25, 0.3) is 10.9 Å². The number of hydrogen-bond acceptors (Lipinski definition) is 3. The number of fused-ring (bicyclic) bond motifs is 1. The molecule has 3 aromatic rings. The van der Waals surface area contributed by atoms with E-state index < -0.39 is 0 Å². The molecule has 0 spiro atoms. The molecule has 0 aliphatic carbocycles. The Morgan fingerprint density at radius 3 is 2.70 bits per heavy atom. The Hall–Kier alpha value is -2.14. The molecule has 5 heteroatoms. The maximum Gasteiger partial charge on any atom is 0.230 e. The van der Waals surface area contributed by atoms with Gasteiger partial charge >= 0.3 is 0 Å². The Labute approximate surface area is 140 Å². The molecule has 0 bridgehead atoms. The number of nitrogens with one attached hydrogen (secondary N) is 1. The summed E-state index contributed by atoms with van der Waals surface area (Å²) in [6.07, 6.45) is 2.45. The average molecular weight is 327 g/mol. The third kappa shape index (κ3) is 3.15. The molecule has 120 valence electrons. The molecule has 2 heterocycles. The highest BCUT2D eigenvalue weighted by Crippen LogP contribution is 2.26. The van der Waals surface area contributed by atoms with Crippen molar-refractivity contribution in [1.29, 1.82) is 0 Å². The van der Waals surface area contributed by atoms with Crippen LogP contribution < -0.4 is 5.32 Å². The first-order valence-electron chi connectivity index (χ1n) is 7.78. The van der Waals surface area contributed by atoms with Crippen molar-refractivity contribution in [3.8, 4) is 0 Å². The van der Waals surface area contributed by atoms with Gasteiger partial charge in [-0.05, 0) is 39.3 Å². The summed E-state index contributed by atoms with van der Waals surface area (Å²) in [5.74, 6) is -0.0228. The zero-order valence-electron chi connectivity index (χ0n) is 13.9. The molecule has 0 aliphatic rings. The van der Waals surface area contributed by atoms with E-state index in [4.69, 9.17) is 0 Å². The number of aromatic nitrogens is 2. The van der Waals surface area contributed by atoms with Gasteiger partial charge in [-0.25, -0.2) is 4.98 Å². The molecule has 3 rings (SSSR count). The van der Waals surface area contributed by atoms with Gasteiger partial charge in [0, 0.05) is 28.0 Å². The fourth-order valence-electron chi connectivity index (χ4n) is 2.71.